The van der Waals surface area contributed by atoms with Crippen LogP contribution < -0.4 is 5.32 Å². The van der Waals surface area contributed by atoms with E-state index < -0.39 is 5.97 Å². The molecule has 0 aliphatic heterocycles. The Balaban J connectivity index is 1.64. The molecule has 188 valence electrons. The first-order valence-corrected chi connectivity index (χ1v) is 13.8. The van der Waals surface area contributed by atoms with Crippen LogP contribution in [0.2, 0.25) is 0 Å². The number of carbonyl (C=O) groups excluding carboxylic acids is 1. The fourth-order valence-corrected chi connectivity index (χ4v) is 6.05. The number of carboxylic acid groups (broad SMARTS) is 1. The highest BCUT2D eigenvalue weighted by molar-refractivity contribution is 7.09. The highest BCUT2D eigenvalue weighted by atomic mass is 32.1. The van der Waals surface area contributed by atoms with Gasteiger partial charge in [0.1, 0.15) is 5.82 Å². The average Bonchev–Trinajstić information content (AvgIpc) is 3.48. The molecule has 6 nitrogen and oxygen atoms in total. The van der Waals surface area contributed by atoms with Gasteiger partial charge in [-0.05, 0) is 60.7 Å². The van der Waals surface area contributed by atoms with Crippen molar-refractivity contribution >= 4 is 34.2 Å². The molecule has 2 aromatic heterocycles. The highest BCUT2D eigenvalue weighted by Gasteiger charge is 2.28. The second-order valence-corrected chi connectivity index (χ2v) is 11.1. The summed E-state index contributed by atoms with van der Waals surface area (Å²) in [6.45, 7) is 6.46. The van der Waals surface area contributed by atoms with E-state index in [0.717, 1.165) is 36.1 Å². The molecule has 4 atom stereocenters. The molecule has 2 heterocycles. The van der Waals surface area contributed by atoms with Crippen LogP contribution in [0.4, 0.5) is 0 Å². The third-order valence-electron chi connectivity index (χ3n) is 7.65. The smallest absolute Gasteiger partial charge is 0.303 e. The molecule has 0 saturated heterocycles. The number of nitrogens with one attached hydrogen (secondary N) is 1. The Morgan fingerprint density at radius 1 is 1.26 bits per heavy atom. The molecule has 0 unspecified atom stereocenters. The summed E-state index contributed by atoms with van der Waals surface area (Å²) in [6.07, 6.45) is 7.06. The lowest BCUT2D eigenvalue weighted by molar-refractivity contribution is -0.137. The van der Waals surface area contributed by atoms with Crippen molar-refractivity contribution in [1.82, 2.24) is 14.9 Å². The van der Waals surface area contributed by atoms with Crippen molar-refractivity contribution in [2.45, 2.75) is 84.2 Å². The van der Waals surface area contributed by atoms with E-state index in [9.17, 15) is 9.59 Å². The van der Waals surface area contributed by atoms with E-state index in [1.54, 1.807) is 11.3 Å². The van der Waals surface area contributed by atoms with Crippen molar-refractivity contribution in [2.75, 3.05) is 0 Å². The van der Waals surface area contributed by atoms with E-state index in [1.165, 1.54) is 24.1 Å². The fraction of sp³-hybridized carbons (Fsp3) is 0.536. The van der Waals surface area contributed by atoms with Gasteiger partial charge in [0.15, 0.2) is 0 Å². The molecule has 0 radical (unpaired) electrons. The van der Waals surface area contributed by atoms with Crippen LogP contribution in [-0.2, 0) is 11.2 Å². The van der Waals surface area contributed by atoms with Crippen molar-refractivity contribution in [3.05, 3.63) is 52.0 Å². The van der Waals surface area contributed by atoms with E-state index in [4.69, 9.17) is 10.1 Å². The molecule has 7 heteroatoms. The van der Waals surface area contributed by atoms with Crippen molar-refractivity contribution < 1.29 is 14.7 Å². The maximum Gasteiger partial charge on any atom is 0.303 e. The van der Waals surface area contributed by atoms with Gasteiger partial charge in [0.2, 0.25) is 0 Å². The number of imidazole rings is 1. The van der Waals surface area contributed by atoms with E-state index >= 15 is 0 Å². The number of amides is 1. The van der Waals surface area contributed by atoms with Crippen molar-refractivity contribution in [2.24, 2.45) is 11.8 Å². The van der Waals surface area contributed by atoms with Gasteiger partial charge in [0.05, 0.1) is 11.0 Å². The molecule has 1 amide bonds. The van der Waals surface area contributed by atoms with Gasteiger partial charge in [-0.15, -0.1) is 11.3 Å². The van der Waals surface area contributed by atoms with Gasteiger partial charge in [-0.1, -0.05) is 46.1 Å². The third kappa shape index (κ3) is 5.95. The zero-order valence-corrected chi connectivity index (χ0v) is 21.8. The van der Waals surface area contributed by atoms with Crippen molar-refractivity contribution in [1.29, 1.82) is 0 Å². The predicted molar refractivity (Wildman–Crippen MR) is 141 cm³/mol. The number of carboxylic acids is 1. The van der Waals surface area contributed by atoms with E-state index in [2.05, 4.69) is 48.2 Å². The Hall–Kier alpha value is -2.67. The molecule has 0 spiro atoms. The summed E-state index contributed by atoms with van der Waals surface area (Å²) in [5.74, 6) is 0.860. The number of benzene rings is 1. The van der Waals surface area contributed by atoms with Gasteiger partial charge in [0.25, 0.3) is 5.91 Å². The molecule has 1 aliphatic carbocycles. The predicted octanol–water partition coefficient (Wildman–Crippen LogP) is 6.45. The second-order valence-electron chi connectivity index (χ2n) is 10.1. The number of aliphatic carboxylic acids is 1. The van der Waals surface area contributed by atoms with Crippen molar-refractivity contribution in [3.63, 3.8) is 0 Å². The second kappa shape index (κ2) is 11.4. The Morgan fingerprint density at radius 3 is 2.74 bits per heavy atom. The van der Waals surface area contributed by atoms with Gasteiger partial charge < -0.3 is 15.0 Å². The van der Waals surface area contributed by atoms with Gasteiger partial charge in [-0.2, -0.15) is 0 Å². The molecule has 0 bridgehead atoms. The van der Waals surface area contributed by atoms with Crippen LogP contribution in [0, 0.1) is 11.8 Å². The van der Waals surface area contributed by atoms with Crippen LogP contribution in [0.5, 0.6) is 0 Å². The molecule has 3 aromatic rings. The summed E-state index contributed by atoms with van der Waals surface area (Å²) in [4.78, 5) is 30.6. The van der Waals surface area contributed by atoms with Crippen LogP contribution in [0.1, 0.15) is 92.8 Å². The first-order chi connectivity index (χ1) is 16.9. The van der Waals surface area contributed by atoms with E-state index in [-0.39, 0.29) is 24.3 Å². The molecule has 1 aliphatic rings. The highest BCUT2D eigenvalue weighted by Crippen LogP contribution is 2.37. The number of thiophene rings is 1. The molecule has 1 saturated carbocycles. The molecule has 2 N–H and O–H groups in total. The third-order valence-corrected chi connectivity index (χ3v) is 8.53. The molecule has 4 rings (SSSR count). The number of aromatic nitrogens is 2. The molecular formula is C28H37N3O3S. The maximum absolute atomic E-state index is 13.2. The van der Waals surface area contributed by atoms with Crippen LogP contribution in [-0.4, -0.2) is 32.6 Å². The average molecular weight is 496 g/mol. The number of rotatable bonds is 10. The summed E-state index contributed by atoms with van der Waals surface area (Å²) >= 11 is 1.75. The number of hydrogen-bond acceptors (Lipinski definition) is 4. The summed E-state index contributed by atoms with van der Waals surface area (Å²) in [5, 5.41) is 14.3. The largest absolute Gasteiger partial charge is 0.481 e. The first-order valence-electron chi connectivity index (χ1n) is 12.9. The molecule has 1 fully saturated rings. The Labute approximate surface area is 211 Å². The quantitative estimate of drug-likeness (QED) is 0.338. The Bertz CT molecular complexity index is 1150. The van der Waals surface area contributed by atoms with Crippen molar-refractivity contribution in [3.8, 4) is 0 Å². The molecule has 1 aromatic carbocycles. The van der Waals surface area contributed by atoms with Gasteiger partial charge in [0, 0.05) is 35.4 Å². The van der Waals surface area contributed by atoms with Crippen LogP contribution in [0.3, 0.4) is 0 Å². The number of nitrogens with zero attached hydrogens (tertiary/aromatic N) is 2. The minimum atomic E-state index is -0.838. The topological polar surface area (TPSA) is 84.2 Å². The van der Waals surface area contributed by atoms with Gasteiger partial charge >= 0.3 is 5.97 Å². The van der Waals surface area contributed by atoms with Crippen LogP contribution in [0.15, 0.2) is 35.7 Å². The lowest BCUT2D eigenvalue weighted by atomic mass is 9.85. The van der Waals surface area contributed by atoms with Gasteiger partial charge in [-0.25, -0.2) is 4.98 Å². The minimum absolute atomic E-state index is 0.0460. The molecule has 35 heavy (non-hydrogen) atoms. The Morgan fingerprint density at radius 2 is 2.06 bits per heavy atom. The van der Waals surface area contributed by atoms with E-state index in [1.807, 2.05) is 18.2 Å². The first kappa shape index (κ1) is 25.4. The number of carbonyl (C=O) groups is 2. The molecular weight excluding hydrogens is 458 g/mol. The van der Waals surface area contributed by atoms with Crippen LogP contribution >= 0.6 is 11.3 Å². The fourth-order valence-electron chi connectivity index (χ4n) is 5.35. The Kier molecular flexibility index (Phi) is 8.26. The summed E-state index contributed by atoms with van der Waals surface area (Å²) < 4.78 is 2.44. The maximum atomic E-state index is 13.2. The lowest BCUT2D eigenvalue weighted by Crippen LogP contribution is -2.39. The normalized spacial score (nSPS) is 20.0. The zero-order valence-electron chi connectivity index (χ0n) is 21.0. The van der Waals surface area contributed by atoms with E-state index in [0.29, 0.717) is 23.9 Å². The van der Waals surface area contributed by atoms with Gasteiger partial charge in [-0.3, -0.25) is 9.59 Å². The lowest BCUT2D eigenvalue weighted by Gasteiger charge is -2.31. The minimum Gasteiger partial charge on any atom is -0.481 e. The summed E-state index contributed by atoms with van der Waals surface area (Å²) in [5.41, 5.74) is 2.52. The zero-order chi connectivity index (χ0) is 24.9. The number of hydrogen-bond donors (Lipinski definition) is 2. The summed E-state index contributed by atoms with van der Waals surface area (Å²) in [6, 6.07) is 10.3. The van der Waals surface area contributed by atoms with Crippen LogP contribution in [0.25, 0.3) is 11.0 Å². The SMILES string of the molecule is CC[C@H](C)[C@@H](CCC(=O)O)NC(=O)c1ccc2c(c1)nc(Cc1cccs1)n2[C@@H]1CCCC[C@H]1C. The standard InChI is InChI=1S/C28H37N3O3S/c1-4-18(2)22(12-14-27(32)33)30-28(34)20-11-13-25-23(16-20)29-26(17-21-9-7-15-35-21)31(25)24-10-6-5-8-19(24)3/h7,9,11,13,15-16,18-19,22,24H,4-6,8,10,12,14,17H2,1-3H3,(H,30,34)(H,32,33)/t18-,19+,22+,24+/m0/s1. The number of fused-ring (bicyclic) bond motifs is 1. The monoisotopic (exact) mass is 495 g/mol. The summed E-state index contributed by atoms with van der Waals surface area (Å²) in [7, 11) is 0.